The third-order valence-electron chi connectivity index (χ3n) is 5.54. The van der Waals surface area contributed by atoms with E-state index >= 15 is 0 Å². The largest absolute Gasteiger partial charge is 0.465 e. The molecule has 156 valence electrons. The van der Waals surface area contributed by atoms with E-state index in [1.807, 2.05) is 0 Å². The number of carbonyl (C=O) groups is 1. The fourth-order valence-corrected chi connectivity index (χ4v) is 8.49. The van der Waals surface area contributed by atoms with Crippen LogP contribution in [0.15, 0.2) is 91.0 Å². The van der Waals surface area contributed by atoms with Crippen molar-refractivity contribution in [2.45, 2.75) is 32.1 Å². The summed E-state index contributed by atoms with van der Waals surface area (Å²) in [5, 5.41) is 15.4. The molecule has 30 heavy (non-hydrogen) atoms. The molecule has 1 amide bonds. The molecule has 4 heteroatoms. The van der Waals surface area contributed by atoms with Crippen LogP contribution in [0.5, 0.6) is 0 Å². The van der Waals surface area contributed by atoms with Gasteiger partial charge in [-0.25, -0.2) is 4.79 Å². The highest BCUT2D eigenvalue weighted by Gasteiger charge is 2.44. The lowest BCUT2D eigenvalue weighted by Gasteiger charge is -2.27. The molecule has 0 heterocycles. The van der Waals surface area contributed by atoms with Gasteiger partial charge >= 0.3 is 6.09 Å². The van der Waals surface area contributed by atoms with Crippen LogP contribution in [0, 0.1) is 0 Å². The van der Waals surface area contributed by atoms with E-state index in [1.54, 1.807) is 0 Å². The van der Waals surface area contributed by atoms with Gasteiger partial charge < -0.3 is 10.4 Å². The van der Waals surface area contributed by atoms with E-state index in [9.17, 15) is 4.79 Å². The van der Waals surface area contributed by atoms with Crippen LogP contribution in [0.25, 0.3) is 0 Å². The Bertz CT molecular complexity index is 788. The van der Waals surface area contributed by atoms with E-state index in [4.69, 9.17) is 5.11 Å². The Hall–Kier alpha value is -2.64. The SMILES string of the molecule is O=C(O)NCCCCCCC[P+](c1ccccc1)(c1ccccc1)c1ccccc1. The third-order valence-corrected chi connectivity index (χ3v) is 10.1. The van der Waals surface area contributed by atoms with Crippen LogP contribution < -0.4 is 21.2 Å². The van der Waals surface area contributed by atoms with Crippen LogP contribution in [0.4, 0.5) is 4.79 Å². The molecule has 3 rings (SSSR count). The quantitative estimate of drug-likeness (QED) is 0.331. The van der Waals surface area contributed by atoms with Crippen LogP contribution >= 0.6 is 7.26 Å². The number of rotatable bonds is 11. The van der Waals surface area contributed by atoms with Crippen molar-refractivity contribution in [3.05, 3.63) is 91.0 Å². The number of unbranched alkanes of at least 4 members (excludes halogenated alkanes) is 4. The summed E-state index contributed by atoms with van der Waals surface area (Å²) >= 11 is 0. The summed E-state index contributed by atoms with van der Waals surface area (Å²) in [6, 6.07) is 33.0. The first kappa shape index (κ1) is 22.1. The molecule has 0 unspecified atom stereocenters. The Morgan fingerprint density at radius 1 is 0.633 bits per heavy atom. The van der Waals surface area contributed by atoms with Crippen LogP contribution in [-0.2, 0) is 0 Å². The van der Waals surface area contributed by atoms with E-state index < -0.39 is 13.4 Å². The average Bonchev–Trinajstić information content (AvgIpc) is 2.80. The van der Waals surface area contributed by atoms with Gasteiger partial charge in [0.15, 0.2) is 0 Å². The topological polar surface area (TPSA) is 49.3 Å². The first-order valence-electron chi connectivity index (χ1n) is 10.8. The molecule has 2 N–H and O–H groups in total. The maximum atomic E-state index is 10.5. The van der Waals surface area contributed by atoms with Gasteiger partial charge in [0.1, 0.15) is 23.2 Å². The molecule has 0 aliphatic heterocycles. The molecule has 0 spiro atoms. The van der Waals surface area contributed by atoms with Crippen LogP contribution in [0.1, 0.15) is 32.1 Å². The highest BCUT2D eigenvalue weighted by Crippen LogP contribution is 2.55. The van der Waals surface area contributed by atoms with Gasteiger partial charge in [-0.2, -0.15) is 0 Å². The molecule has 0 fully saturated rings. The second-order valence-electron chi connectivity index (χ2n) is 7.54. The molecule has 0 aliphatic carbocycles. The smallest absolute Gasteiger partial charge is 0.404 e. The Morgan fingerprint density at radius 3 is 1.47 bits per heavy atom. The van der Waals surface area contributed by atoms with Crippen molar-refractivity contribution in [2.75, 3.05) is 12.7 Å². The summed E-state index contributed by atoms with van der Waals surface area (Å²) in [7, 11) is -1.72. The third kappa shape index (κ3) is 5.70. The van der Waals surface area contributed by atoms with Crippen molar-refractivity contribution in [1.82, 2.24) is 5.32 Å². The van der Waals surface area contributed by atoms with E-state index in [-0.39, 0.29) is 0 Å². The zero-order chi connectivity index (χ0) is 21.1. The van der Waals surface area contributed by atoms with Crippen LogP contribution in [0.2, 0.25) is 0 Å². The molecule has 3 nitrogen and oxygen atoms in total. The van der Waals surface area contributed by atoms with E-state index in [0.717, 1.165) is 25.4 Å². The van der Waals surface area contributed by atoms with Crippen molar-refractivity contribution < 1.29 is 9.90 Å². The lowest BCUT2D eigenvalue weighted by atomic mass is 10.1. The second-order valence-corrected chi connectivity index (χ2v) is 11.2. The zero-order valence-electron chi connectivity index (χ0n) is 17.4. The van der Waals surface area contributed by atoms with Gasteiger partial charge in [-0.15, -0.1) is 0 Å². The fraction of sp³-hybridized carbons (Fsp3) is 0.269. The monoisotopic (exact) mass is 420 g/mol. The molecule has 0 bridgehead atoms. The van der Waals surface area contributed by atoms with E-state index in [1.165, 1.54) is 28.8 Å². The first-order chi connectivity index (χ1) is 14.7. The normalized spacial score (nSPS) is 11.2. The Kier molecular flexibility index (Phi) is 8.47. The summed E-state index contributed by atoms with van der Waals surface area (Å²) in [5.74, 6) is 0. The molecule has 0 saturated heterocycles. The Morgan fingerprint density at radius 2 is 1.03 bits per heavy atom. The predicted molar refractivity (Wildman–Crippen MR) is 129 cm³/mol. The van der Waals surface area contributed by atoms with E-state index in [0.29, 0.717) is 6.54 Å². The maximum Gasteiger partial charge on any atom is 0.404 e. The highest BCUT2D eigenvalue weighted by molar-refractivity contribution is 7.95. The van der Waals surface area contributed by atoms with Gasteiger partial charge in [-0.05, 0) is 55.7 Å². The number of hydrogen-bond donors (Lipinski definition) is 2. The van der Waals surface area contributed by atoms with Gasteiger partial charge in [0, 0.05) is 6.54 Å². The summed E-state index contributed by atoms with van der Waals surface area (Å²) in [6.07, 6.45) is 5.66. The Balaban J connectivity index is 1.79. The molecule has 0 saturated carbocycles. The standard InChI is InChI=1S/C26H30NO2P/c28-26(29)27-21-13-2-1-3-14-22-30(23-15-7-4-8-16-23,24-17-9-5-10-18-24)25-19-11-6-12-20-25/h4-12,15-20,27H,1-3,13-14,21-22H2/p+1. The van der Waals surface area contributed by atoms with Gasteiger partial charge in [0.25, 0.3) is 0 Å². The molecule has 0 aliphatic rings. The number of benzene rings is 3. The van der Waals surface area contributed by atoms with Gasteiger partial charge in [0.05, 0.1) is 6.16 Å². The predicted octanol–water partition coefficient (Wildman–Crippen LogP) is 5.20. The van der Waals surface area contributed by atoms with Gasteiger partial charge in [0.2, 0.25) is 0 Å². The van der Waals surface area contributed by atoms with Crippen molar-refractivity contribution in [2.24, 2.45) is 0 Å². The number of hydrogen-bond acceptors (Lipinski definition) is 1. The minimum absolute atomic E-state index is 0.546. The summed E-state index contributed by atoms with van der Waals surface area (Å²) in [6.45, 7) is 0.546. The maximum absolute atomic E-state index is 10.5. The summed E-state index contributed by atoms with van der Waals surface area (Å²) in [4.78, 5) is 10.5. The minimum Gasteiger partial charge on any atom is -0.465 e. The first-order valence-corrected chi connectivity index (χ1v) is 12.7. The van der Waals surface area contributed by atoms with E-state index in [2.05, 4.69) is 96.3 Å². The average molecular weight is 421 g/mol. The molecular weight excluding hydrogens is 389 g/mol. The van der Waals surface area contributed by atoms with Crippen molar-refractivity contribution in [1.29, 1.82) is 0 Å². The molecular formula is C26H31NO2P+. The van der Waals surface area contributed by atoms with Crippen molar-refractivity contribution in [3.8, 4) is 0 Å². The summed E-state index contributed by atoms with van der Waals surface area (Å²) < 4.78 is 0. The second kappa shape index (κ2) is 11.5. The lowest BCUT2D eigenvalue weighted by Crippen LogP contribution is -2.33. The zero-order valence-corrected chi connectivity index (χ0v) is 18.3. The van der Waals surface area contributed by atoms with Crippen molar-refractivity contribution >= 4 is 29.3 Å². The molecule has 0 aromatic heterocycles. The van der Waals surface area contributed by atoms with Crippen LogP contribution in [0.3, 0.4) is 0 Å². The highest BCUT2D eigenvalue weighted by atomic mass is 31.2. The van der Waals surface area contributed by atoms with Gasteiger partial charge in [-0.3, -0.25) is 0 Å². The number of nitrogens with one attached hydrogen (secondary N) is 1. The minimum atomic E-state index is -1.72. The molecule has 3 aromatic carbocycles. The fourth-order valence-electron chi connectivity index (χ4n) is 4.08. The Labute approximate surface area is 180 Å². The number of amides is 1. The van der Waals surface area contributed by atoms with Gasteiger partial charge in [-0.1, -0.05) is 67.4 Å². The van der Waals surface area contributed by atoms with Crippen LogP contribution in [-0.4, -0.2) is 23.9 Å². The van der Waals surface area contributed by atoms with Crippen molar-refractivity contribution in [3.63, 3.8) is 0 Å². The molecule has 0 atom stereocenters. The number of carboxylic acid groups (broad SMARTS) is 1. The molecule has 0 radical (unpaired) electrons. The summed E-state index contributed by atoms with van der Waals surface area (Å²) in [5.41, 5.74) is 0. The molecule has 3 aromatic rings. The lowest BCUT2D eigenvalue weighted by molar-refractivity contribution is 0.194.